The van der Waals surface area contributed by atoms with Gasteiger partial charge in [-0.05, 0) is 36.9 Å². The lowest BCUT2D eigenvalue weighted by Gasteiger charge is -2.25. The van der Waals surface area contributed by atoms with Crippen LogP contribution in [0.25, 0.3) is 0 Å². The van der Waals surface area contributed by atoms with Gasteiger partial charge in [0.1, 0.15) is 5.82 Å². The maximum absolute atomic E-state index is 12.6. The molecule has 0 spiro atoms. The number of hydrogen-bond donors (Lipinski definition) is 1. The highest BCUT2D eigenvalue weighted by Crippen LogP contribution is 2.16. The van der Waals surface area contributed by atoms with Crippen LogP contribution in [-0.4, -0.2) is 28.9 Å². The normalized spacial score (nSPS) is 12.1. The number of carbonyl (C=O) groups excluding carboxylic acids is 1. The number of amides is 1. The Bertz CT molecular complexity index is 610. The van der Waals surface area contributed by atoms with E-state index < -0.39 is 0 Å². The fourth-order valence-electron chi connectivity index (χ4n) is 2.18. The van der Waals surface area contributed by atoms with Gasteiger partial charge in [0, 0.05) is 35.6 Å². The molecule has 0 aromatic carbocycles. The van der Waals surface area contributed by atoms with E-state index in [-0.39, 0.29) is 11.9 Å². The molecule has 21 heavy (non-hydrogen) atoms. The molecular weight excluding hydrogens is 282 g/mol. The number of nitrogen functional groups attached to an aromatic ring is 1. The fourth-order valence-corrected chi connectivity index (χ4v) is 3.00. The maximum Gasteiger partial charge on any atom is 0.254 e. The summed E-state index contributed by atoms with van der Waals surface area (Å²) in [4.78, 5) is 19.8. The first-order valence-electron chi connectivity index (χ1n) is 7.07. The number of likely N-dealkylation sites (N-methyl/N-ethyl adjacent to an activating group) is 1. The summed E-state index contributed by atoms with van der Waals surface area (Å²) >= 11 is 1.72. The fraction of sp³-hybridized carbons (Fsp3) is 0.375. The highest BCUT2D eigenvalue weighted by atomic mass is 32.1. The van der Waals surface area contributed by atoms with Gasteiger partial charge >= 0.3 is 0 Å². The Labute approximate surface area is 129 Å². The van der Waals surface area contributed by atoms with E-state index in [4.69, 9.17) is 5.73 Å². The third kappa shape index (κ3) is 3.82. The number of thiophene rings is 1. The van der Waals surface area contributed by atoms with E-state index in [0.717, 1.165) is 18.5 Å². The zero-order valence-corrected chi connectivity index (χ0v) is 13.5. The summed E-state index contributed by atoms with van der Waals surface area (Å²) < 4.78 is 0. The van der Waals surface area contributed by atoms with Gasteiger partial charge < -0.3 is 10.6 Å². The zero-order chi connectivity index (χ0) is 15.4. The molecule has 0 aliphatic carbocycles. The number of anilines is 1. The average Bonchev–Trinajstić information content (AvgIpc) is 2.97. The van der Waals surface area contributed by atoms with Gasteiger partial charge in [-0.3, -0.25) is 4.79 Å². The van der Waals surface area contributed by atoms with Crippen molar-refractivity contribution in [2.24, 2.45) is 0 Å². The number of nitrogens with two attached hydrogens (primary N) is 1. The second-order valence-corrected chi connectivity index (χ2v) is 6.21. The molecule has 2 N–H and O–H groups in total. The molecule has 1 unspecified atom stereocenters. The summed E-state index contributed by atoms with van der Waals surface area (Å²) in [7, 11) is 1.84. The quantitative estimate of drug-likeness (QED) is 0.923. The predicted molar refractivity (Wildman–Crippen MR) is 87.6 cm³/mol. The molecular formula is C16H21N3OS. The lowest BCUT2D eigenvalue weighted by Crippen LogP contribution is -2.36. The van der Waals surface area contributed by atoms with E-state index >= 15 is 0 Å². The van der Waals surface area contributed by atoms with Crippen molar-refractivity contribution in [3.63, 3.8) is 0 Å². The van der Waals surface area contributed by atoms with Crippen LogP contribution in [0.15, 0.2) is 29.6 Å². The van der Waals surface area contributed by atoms with Crippen LogP contribution in [0.4, 0.5) is 5.82 Å². The van der Waals surface area contributed by atoms with Gasteiger partial charge in [0.2, 0.25) is 0 Å². The van der Waals surface area contributed by atoms with Crippen LogP contribution in [-0.2, 0) is 12.8 Å². The SMILES string of the molecule is CCc1cc(C(=O)N(C)C(C)Cc2cccs2)cc(N)n1. The average molecular weight is 303 g/mol. The number of carbonyl (C=O) groups is 1. The zero-order valence-electron chi connectivity index (χ0n) is 12.7. The van der Waals surface area contributed by atoms with Crippen molar-refractivity contribution in [2.75, 3.05) is 12.8 Å². The molecule has 0 fully saturated rings. The molecule has 4 nitrogen and oxygen atoms in total. The Morgan fingerprint density at radius 1 is 1.48 bits per heavy atom. The topological polar surface area (TPSA) is 59.2 Å². The third-order valence-electron chi connectivity index (χ3n) is 3.57. The summed E-state index contributed by atoms with van der Waals surface area (Å²) in [6, 6.07) is 7.74. The molecule has 0 saturated heterocycles. The molecule has 2 heterocycles. The molecule has 0 radical (unpaired) electrons. The van der Waals surface area contributed by atoms with Gasteiger partial charge in [0.05, 0.1) is 0 Å². The molecule has 1 amide bonds. The molecule has 0 aliphatic heterocycles. The van der Waals surface area contributed by atoms with Crippen LogP contribution >= 0.6 is 11.3 Å². The van der Waals surface area contributed by atoms with Gasteiger partial charge in [-0.25, -0.2) is 4.98 Å². The molecule has 0 saturated carbocycles. The largest absolute Gasteiger partial charge is 0.384 e. The second kappa shape index (κ2) is 6.72. The van der Waals surface area contributed by atoms with E-state index in [1.165, 1.54) is 4.88 Å². The first kappa shape index (κ1) is 15.5. The molecule has 2 aromatic heterocycles. The van der Waals surface area contributed by atoms with Crippen molar-refractivity contribution in [1.29, 1.82) is 0 Å². The number of aromatic nitrogens is 1. The van der Waals surface area contributed by atoms with Crippen LogP contribution in [0.2, 0.25) is 0 Å². The van der Waals surface area contributed by atoms with Gasteiger partial charge in [0.25, 0.3) is 5.91 Å². The molecule has 1 atom stereocenters. The summed E-state index contributed by atoms with van der Waals surface area (Å²) in [6.45, 7) is 4.06. The van der Waals surface area contributed by atoms with Crippen molar-refractivity contribution in [1.82, 2.24) is 9.88 Å². The van der Waals surface area contributed by atoms with Crippen molar-refractivity contribution in [3.05, 3.63) is 45.8 Å². The van der Waals surface area contributed by atoms with E-state index in [1.54, 1.807) is 22.3 Å². The highest BCUT2D eigenvalue weighted by molar-refractivity contribution is 7.09. The number of aryl methyl sites for hydroxylation is 1. The summed E-state index contributed by atoms with van der Waals surface area (Å²) in [5.41, 5.74) is 7.23. The molecule has 2 aromatic rings. The van der Waals surface area contributed by atoms with Crippen LogP contribution in [0, 0.1) is 0 Å². The monoisotopic (exact) mass is 303 g/mol. The Balaban J connectivity index is 2.13. The van der Waals surface area contributed by atoms with Crippen LogP contribution in [0.1, 0.15) is 34.8 Å². The minimum atomic E-state index is -0.0112. The van der Waals surface area contributed by atoms with Crippen LogP contribution < -0.4 is 5.73 Å². The van der Waals surface area contributed by atoms with Crippen LogP contribution in [0.5, 0.6) is 0 Å². The first-order valence-corrected chi connectivity index (χ1v) is 7.95. The van der Waals surface area contributed by atoms with Crippen LogP contribution in [0.3, 0.4) is 0 Å². The minimum Gasteiger partial charge on any atom is -0.384 e. The van der Waals surface area contributed by atoms with E-state index in [0.29, 0.717) is 11.4 Å². The smallest absolute Gasteiger partial charge is 0.254 e. The molecule has 5 heteroatoms. The molecule has 0 bridgehead atoms. The van der Waals surface area contributed by atoms with Crippen molar-refractivity contribution in [3.8, 4) is 0 Å². The number of rotatable bonds is 5. The lowest BCUT2D eigenvalue weighted by molar-refractivity contribution is 0.0744. The first-order chi connectivity index (χ1) is 10.0. The Kier molecular flexibility index (Phi) is 4.96. The minimum absolute atomic E-state index is 0.0112. The molecule has 112 valence electrons. The van der Waals surface area contributed by atoms with Gasteiger partial charge in [-0.1, -0.05) is 13.0 Å². The van der Waals surface area contributed by atoms with Gasteiger partial charge in [-0.2, -0.15) is 0 Å². The Morgan fingerprint density at radius 2 is 2.24 bits per heavy atom. The Hall–Kier alpha value is -1.88. The van der Waals surface area contributed by atoms with E-state index in [9.17, 15) is 4.79 Å². The summed E-state index contributed by atoms with van der Waals surface area (Å²) in [6.07, 6.45) is 1.63. The van der Waals surface area contributed by atoms with E-state index in [1.807, 2.05) is 26.1 Å². The van der Waals surface area contributed by atoms with Gasteiger partial charge in [0.15, 0.2) is 0 Å². The second-order valence-electron chi connectivity index (χ2n) is 5.17. The predicted octanol–water partition coefficient (Wildman–Crippen LogP) is 2.99. The van der Waals surface area contributed by atoms with Gasteiger partial charge in [-0.15, -0.1) is 11.3 Å². The third-order valence-corrected chi connectivity index (χ3v) is 4.46. The number of pyridine rings is 1. The number of hydrogen-bond acceptors (Lipinski definition) is 4. The standard InChI is InChI=1S/C16H21N3OS/c1-4-13-9-12(10-15(17)18-13)16(20)19(3)11(2)8-14-6-5-7-21-14/h5-7,9-11H,4,8H2,1-3H3,(H2,17,18). The summed E-state index contributed by atoms with van der Waals surface area (Å²) in [5.74, 6) is 0.389. The maximum atomic E-state index is 12.6. The lowest BCUT2D eigenvalue weighted by atomic mass is 10.1. The van der Waals surface area contributed by atoms with Crippen molar-refractivity contribution >= 4 is 23.1 Å². The highest BCUT2D eigenvalue weighted by Gasteiger charge is 2.19. The number of nitrogens with zero attached hydrogens (tertiary/aromatic N) is 2. The summed E-state index contributed by atoms with van der Waals surface area (Å²) in [5, 5.41) is 2.06. The van der Waals surface area contributed by atoms with Crippen molar-refractivity contribution in [2.45, 2.75) is 32.7 Å². The Morgan fingerprint density at radius 3 is 2.86 bits per heavy atom. The van der Waals surface area contributed by atoms with Crippen molar-refractivity contribution < 1.29 is 4.79 Å². The molecule has 0 aliphatic rings. The van der Waals surface area contributed by atoms with E-state index in [2.05, 4.69) is 23.4 Å². The molecule has 2 rings (SSSR count).